The van der Waals surface area contributed by atoms with E-state index in [1.807, 2.05) is 12.1 Å². The van der Waals surface area contributed by atoms with Crippen LogP contribution in [0.5, 0.6) is 0 Å². The molecule has 0 aliphatic heterocycles. The lowest BCUT2D eigenvalue weighted by molar-refractivity contribution is -0.148. The molecule has 118 valence electrons. The lowest BCUT2D eigenvalue weighted by atomic mass is 9.86. The van der Waals surface area contributed by atoms with Crippen molar-refractivity contribution >= 4 is 33.5 Å². The highest BCUT2D eigenvalue weighted by Crippen LogP contribution is 2.49. The van der Waals surface area contributed by atoms with Gasteiger partial charge in [0, 0.05) is 16.6 Å². The Balaban J connectivity index is 1.40. The summed E-state index contributed by atoms with van der Waals surface area (Å²) >= 11 is 3.34. The van der Waals surface area contributed by atoms with Gasteiger partial charge in [-0.1, -0.05) is 28.4 Å². The second kappa shape index (κ2) is 6.82. The van der Waals surface area contributed by atoms with Crippen molar-refractivity contribution in [3.63, 3.8) is 0 Å². The maximum atomic E-state index is 11.9. The van der Waals surface area contributed by atoms with Crippen molar-refractivity contribution in [2.24, 2.45) is 17.8 Å². The maximum absolute atomic E-state index is 11.9. The van der Waals surface area contributed by atoms with Crippen LogP contribution in [0.15, 0.2) is 28.7 Å². The zero-order valence-electron chi connectivity index (χ0n) is 12.4. The van der Waals surface area contributed by atoms with E-state index in [4.69, 9.17) is 4.74 Å². The summed E-state index contributed by atoms with van der Waals surface area (Å²) < 4.78 is 6.00. The molecule has 5 heteroatoms. The molecule has 2 fully saturated rings. The number of hydrogen-bond donors (Lipinski definition) is 1. The predicted molar refractivity (Wildman–Crippen MR) is 87.3 cm³/mol. The van der Waals surface area contributed by atoms with Gasteiger partial charge in [-0.2, -0.15) is 0 Å². The zero-order chi connectivity index (χ0) is 15.5. The van der Waals surface area contributed by atoms with Crippen LogP contribution in [0.25, 0.3) is 0 Å². The Labute approximate surface area is 138 Å². The van der Waals surface area contributed by atoms with E-state index in [-0.39, 0.29) is 18.5 Å². The summed E-state index contributed by atoms with van der Waals surface area (Å²) in [5, 5.41) is 2.71. The molecule has 1 amide bonds. The standard InChI is InChI=1S/C17H20BrNO3/c18-14-2-1-3-15(9-14)19-16(20)10-22-17(21)8-13-7-11-4-5-12(13)6-11/h1-3,9,11-13H,4-8,10H2,(H,19,20)/t11-,12+,13-/m0/s1. The van der Waals surface area contributed by atoms with E-state index in [1.54, 1.807) is 12.1 Å². The maximum Gasteiger partial charge on any atom is 0.306 e. The molecule has 2 bridgehead atoms. The third kappa shape index (κ3) is 3.88. The number of esters is 1. The first kappa shape index (κ1) is 15.5. The number of anilines is 1. The van der Waals surface area contributed by atoms with E-state index in [0.29, 0.717) is 23.9 Å². The van der Waals surface area contributed by atoms with E-state index in [9.17, 15) is 9.59 Å². The van der Waals surface area contributed by atoms with Crippen LogP contribution in [-0.4, -0.2) is 18.5 Å². The molecule has 0 unspecified atom stereocenters. The van der Waals surface area contributed by atoms with Crippen LogP contribution in [0.4, 0.5) is 5.69 Å². The highest BCUT2D eigenvalue weighted by molar-refractivity contribution is 9.10. The Morgan fingerprint density at radius 3 is 2.82 bits per heavy atom. The molecule has 2 aliphatic carbocycles. The number of rotatable bonds is 5. The smallest absolute Gasteiger partial charge is 0.306 e. The number of carbonyl (C=O) groups is 2. The van der Waals surface area contributed by atoms with Crippen molar-refractivity contribution in [2.75, 3.05) is 11.9 Å². The van der Waals surface area contributed by atoms with Gasteiger partial charge in [0.2, 0.25) is 0 Å². The number of carbonyl (C=O) groups excluding carboxylic acids is 2. The molecule has 0 spiro atoms. The molecule has 2 saturated carbocycles. The summed E-state index contributed by atoms with van der Waals surface area (Å²) in [7, 11) is 0. The van der Waals surface area contributed by atoms with Crippen LogP contribution in [0.2, 0.25) is 0 Å². The number of hydrogen-bond acceptors (Lipinski definition) is 3. The predicted octanol–water partition coefficient (Wildman–Crippen LogP) is 3.76. The van der Waals surface area contributed by atoms with Crippen LogP contribution >= 0.6 is 15.9 Å². The summed E-state index contributed by atoms with van der Waals surface area (Å²) in [5.41, 5.74) is 0.684. The van der Waals surface area contributed by atoms with Crippen molar-refractivity contribution in [1.29, 1.82) is 0 Å². The van der Waals surface area contributed by atoms with Gasteiger partial charge in [-0.3, -0.25) is 9.59 Å². The van der Waals surface area contributed by atoms with Gasteiger partial charge in [0.15, 0.2) is 6.61 Å². The normalized spacial score (nSPS) is 26.0. The minimum absolute atomic E-state index is 0.216. The van der Waals surface area contributed by atoms with Crippen molar-refractivity contribution in [2.45, 2.75) is 32.1 Å². The monoisotopic (exact) mass is 365 g/mol. The van der Waals surface area contributed by atoms with Crippen LogP contribution in [0.1, 0.15) is 32.1 Å². The van der Waals surface area contributed by atoms with Crippen molar-refractivity contribution in [1.82, 2.24) is 0 Å². The Morgan fingerprint density at radius 1 is 1.27 bits per heavy atom. The quantitative estimate of drug-likeness (QED) is 0.808. The molecular formula is C17H20BrNO3. The van der Waals surface area contributed by atoms with Crippen molar-refractivity contribution in [3.8, 4) is 0 Å². The highest BCUT2D eigenvalue weighted by atomic mass is 79.9. The number of halogens is 1. The van der Waals surface area contributed by atoms with E-state index >= 15 is 0 Å². The molecule has 0 aromatic heterocycles. The third-order valence-electron chi connectivity index (χ3n) is 4.79. The van der Waals surface area contributed by atoms with E-state index < -0.39 is 0 Å². The molecule has 3 rings (SSSR count). The molecule has 4 nitrogen and oxygen atoms in total. The summed E-state index contributed by atoms with van der Waals surface area (Å²) in [4.78, 5) is 23.7. The van der Waals surface area contributed by atoms with Crippen LogP contribution < -0.4 is 5.32 Å². The van der Waals surface area contributed by atoms with Crippen LogP contribution in [0, 0.1) is 17.8 Å². The Hall–Kier alpha value is -1.36. The van der Waals surface area contributed by atoms with E-state index in [2.05, 4.69) is 21.2 Å². The average molecular weight is 366 g/mol. The molecule has 1 aromatic rings. The molecule has 3 atom stereocenters. The lowest BCUT2D eigenvalue weighted by Gasteiger charge is -2.20. The molecule has 0 heterocycles. The van der Waals surface area contributed by atoms with Gasteiger partial charge in [-0.05, 0) is 55.2 Å². The highest BCUT2D eigenvalue weighted by Gasteiger charge is 2.40. The molecule has 1 aromatic carbocycles. The van der Waals surface area contributed by atoms with Crippen LogP contribution in [-0.2, 0) is 14.3 Å². The third-order valence-corrected chi connectivity index (χ3v) is 5.28. The fourth-order valence-corrected chi connectivity index (χ4v) is 4.21. The van der Waals surface area contributed by atoms with Gasteiger partial charge < -0.3 is 10.1 Å². The first-order valence-corrected chi connectivity index (χ1v) is 8.60. The fraction of sp³-hybridized carbons (Fsp3) is 0.529. The Bertz CT molecular complexity index is 575. The van der Waals surface area contributed by atoms with E-state index in [0.717, 1.165) is 16.8 Å². The minimum Gasteiger partial charge on any atom is -0.456 e. The molecule has 22 heavy (non-hydrogen) atoms. The fourth-order valence-electron chi connectivity index (χ4n) is 3.81. The summed E-state index contributed by atoms with van der Waals surface area (Å²) in [5.74, 6) is 1.44. The second-order valence-electron chi connectivity index (χ2n) is 6.36. The lowest BCUT2D eigenvalue weighted by Crippen LogP contribution is -2.23. The van der Waals surface area contributed by atoms with Crippen molar-refractivity contribution in [3.05, 3.63) is 28.7 Å². The van der Waals surface area contributed by atoms with E-state index in [1.165, 1.54) is 19.3 Å². The van der Waals surface area contributed by atoms with Gasteiger partial charge in [0.05, 0.1) is 0 Å². The Morgan fingerprint density at radius 2 is 2.14 bits per heavy atom. The second-order valence-corrected chi connectivity index (χ2v) is 7.27. The number of benzene rings is 1. The summed E-state index contributed by atoms with van der Waals surface area (Å²) in [6, 6.07) is 7.31. The molecular weight excluding hydrogens is 346 g/mol. The Kier molecular flexibility index (Phi) is 4.81. The van der Waals surface area contributed by atoms with Gasteiger partial charge in [-0.25, -0.2) is 0 Å². The van der Waals surface area contributed by atoms with Gasteiger partial charge in [0.1, 0.15) is 0 Å². The first-order chi connectivity index (χ1) is 10.6. The van der Waals surface area contributed by atoms with Gasteiger partial charge in [-0.15, -0.1) is 0 Å². The largest absolute Gasteiger partial charge is 0.456 e. The molecule has 1 N–H and O–H groups in total. The van der Waals surface area contributed by atoms with Gasteiger partial charge in [0.25, 0.3) is 5.91 Å². The number of fused-ring (bicyclic) bond motifs is 2. The van der Waals surface area contributed by atoms with Crippen LogP contribution in [0.3, 0.4) is 0 Å². The number of ether oxygens (including phenoxy) is 1. The molecule has 2 aliphatic rings. The van der Waals surface area contributed by atoms with Crippen molar-refractivity contribution < 1.29 is 14.3 Å². The van der Waals surface area contributed by atoms with Gasteiger partial charge >= 0.3 is 5.97 Å². The SMILES string of the molecule is O=C(COC(=O)C[C@@H]1C[C@H]2CC[C@@H]1C2)Nc1cccc(Br)c1. The zero-order valence-corrected chi connectivity index (χ0v) is 14.0. The number of nitrogens with one attached hydrogen (secondary N) is 1. The summed E-state index contributed by atoms with van der Waals surface area (Å²) in [6.45, 7) is -0.216. The summed E-state index contributed by atoms with van der Waals surface area (Å²) in [6.07, 6.45) is 5.48. The molecule has 0 saturated heterocycles. The average Bonchev–Trinajstić information content (AvgIpc) is 3.08. The number of amides is 1. The molecule has 0 radical (unpaired) electrons. The topological polar surface area (TPSA) is 55.4 Å². The first-order valence-electron chi connectivity index (χ1n) is 7.81. The minimum atomic E-state index is -0.306.